The second kappa shape index (κ2) is 3.55. The molecule has 0 spiro atoms. The molecule has 1 rings (SSSR count). The van der Waals surface area contributed by atoms with Crippen molar-refractivity contribution in [2.45, 2.75) is 32.7 Å². The molecule has 0 aromatic heterocycles. The highest BCUT2D eigenvalue weighted by atomic mass is 16.2. The lowest BCUT2D eigenvalue weighted by Gasteiger charge is -2.26. The molecule has 3 amide bonds. The quantitative estimate of drug-likeness (QED) is 0.601. The molecule has 1 atom stereocenters. The van der Waals surface area contributed by atoms with Crippen LogP contribution in [0.3, 0.4) is 0 Å². The van der Waals surface area contributed by atoms with E-state index in [0.717, 1.165) is 4.90 Å². The van der Waals surface area contributed by atoms with Gasteiger partial charge in [-0.15, -0.1) is 0 Å². The van der Waals surface area contributed by atoms with Gasteiger partial charge >= 0.3 is 0 Å². The summed E-state index contributed by atoms with van der Waals surface area (Å²) in [6, 6.07) is 0. The predicted octanol–water partition coefficient (Wildman–Crippen LogP) is -1.03. The first-order chi connectivity index (χ1) is 7.08. The standard InChI is InChI=1S/C10H17N3O3/c1-9(2)4-6(14)13(8(9)16)5-10(3,12)7(11)15/h4-5,12H2,1-3H3,(H2,11,15). The Labute approximate surface area is 93.9 Å². The molecule has 1 fully saturated rings. The number of imide groups is 1. The van der Waals surface area contributed by atoms with Crippen molar-refractivity contribution >= 4 is 17.7 Å². The zero-order chi connectivity index (χ0) is 12.7. The van der Waals surface area contributed by atoms with Gasteiger partial charge in [-0.2, -0.15) is 0 Å². The first-order valence-electron chi connectivity index (χ1n) is 5.01. The Balaban J connectivity index is 2.88. The van der Waals surface area contributed by atoms with Crippen LogP contribution in [0.1, 0.15) is 27.2 Å². The first kappa shape index (κ1) is 12.6. The number of amides is 3. The summed E-state index contributed by atoms with van der Waals surface area (Å²) in [7, 11) is 0. The number of likely N-dealkylation sites (tertiary alicyclic amines) is 1. The lowest BCUT2D eigenvalue weighted by molar-refractivity contribution is -0.142. The lowest BCUT2D eigenvalue weighted by Crippen LogP contribution is -2.58. The highest BCUT2D eigenvalue weighted by molar-refractivity contribution is 6.06. The number of carbonyl (C=O) groups is 3. The summed E-state index contributed by atoms with van der Waals surface area (Å²) < 4.78 is 0. The third kappa shape index (κ3) is 2.06. The smallest absolute Gasteiger partial charge is 0.239 e. The monoisotopic (exact) mass is 227 g/mol. The van der Waals surface area contributed by atoms with Crippen molar-refractivity contribution in [2.24, 2.45) is 16.9 Å². The highest BCUT2D eigenvalue weighted by Crippen LogP contribution is 2.32. The van der Waals surface area contributed by atoms with E-state index in [9.17, 15) is 14.4 Å². The summed E-state index contributed by atoms with van der Waals surface area (Å²) in [6.07, 6.45) is 0.140. The zero-order valence-electron chi connectivity index (χ0n) is 9.74. The zero-order valence-corrected chi connectivity index (χ0v) is 9.74. The van der Waals surface area contributed by atoms with E-state index in [-0.39, 0.29) is 24.8 Å². The van der Waals surface area contributed by atoms with Gasteiger partial charge < -0.3 is 11.5 Å². The number of nitrogens with zero attached hydrogens (tertiary/aromatic N) is 1. The van der Waals surface area contributed by atoms with Crippen molar-refractivity contribution in [3.8, 4) is 0 Å². The van der Waals surface area contributed by atoms with Crippen LogP contribution in [-0.2, 0) is 14.4 Å². The van der Waals surface area contributed by atoms with Gasteiger partial charge in [-0.1, -0.05) is 13.8 Å². The van der Waals surface area contributed by atoms with E-state index >= 15 is 0 Å². The Morgan fingerprint density at radius 2 is 2.00 bits per heavy atom. The Morgan fingerprint density at radius 3 is 2.31 bits per heavy atom. The molecule has 1 aliphatic heterocycles. The van der Waals surface area contributed by atoms with Gasteiger partial charge in [0.1, 0.15) is 5.54 Å². The fourth-order valence-electron chi connectivity index (χ4n) is 1.59. The summed E-state index contributed by atoms with van der Waals surface area (Å²) in [5.74, 6) is -1.36. The second-order valence-corrected chi connectivity index (χ2v) is 5.13. The molecular weight excluding hydrogens is 210 g/mol. The topological polar surface area (TPSA) is 106 Å². The molecular formula is C10H17N3O3. The van der Waals surface area contributed by atoms with Crippen LogP contribution in [0.15, 0.2) is 0 Å². The van der Waals surface area contributed by atoms with E-state index in [4.69, 9.17) is 11.5 Å². The molecule has 1 aliphatic rings. The minimum Gasteiger partial charge on any atom is -0.368 e. The number of hydrogen-bond acceptors (Lipinski definition) is 4. The Kier molecular flexibility index (Phi) is 2.81. The molecule has 16 heavy (non-hydrogen) atoms. The predicted molar refractivity (Wildman–Crippen MR) is 56.9 cm³/mol. The largest absolute Gasteiger partial charge is 0.368 e. The van der Waals surface area contributed by atoms with Crippen LogP contribution in [0, 0.1) is 5.41 Å². The van der Waals surface area contributed by atoms with Crippen LogP contribution >= 0.6 is 0 Å². The van der Waals surface area contributed by atoms with Gasteiger partial charge in [0.25, 0.3) is 0 Å². The molecule has 0 bridgehead atoms. The minimum atomic E-state index is -1.38. The fraction of sp³-hybridized carbons (Fsp3) is 0.700. The maximum absolute atomic E-state index is 11.8. The van der Waals surface area contributed by atoms with Crippen molar-refractivity contribution < 1.29 is 14.4 Å². The summed E-state index contributed by atoms with van der Waals surface area (Å²) in [5, 5.41) is 0. The Morgan fingerprint density at radius 1 is 1.50 bits per heavy atom. The molecule has 1 unspecified atom stereocenters. The number of hydrogen-bond donors (Lipinski definition) is 2. The van der Waals surface area contributed by atoms with Gasteiger partial charge in [0.05, 0.1) is 12.0 Å². The molecule has 0 aromatic rings. The van der Waals surface area contributed by atoms with Crippen molar-refractivity contribution in [3.63, 3.8) is 0 Å². The van der Waals surface area contributed by atoms with Crippen LogP contribution in [-0.4, -0.2) is 34.7 Å². The third-order valence-corrected chi connectivity index (χ3v) is 2.77. The van der Waals surface area contributed by atoms with E-state index in [2.05, 4.69) is 0 Å². The summed E-state index contributed by atoms with van der Waals surface area (Å²) in [5.41, 5.74) is 8.62. The van der Waals surface area contributed by atoms with E-state index in [1.165, 1.54) is 6.92 Å². The minimum absolute atomic E-state index is 0.140. The van der Waals surface area contributed by atoms with Gasteiger partial charge in [-0.05, 0) is 6.92 Å². The molecule has 0 aromatic carbocycles. The average molecular weight is 227 g/mol. The average Bonchev–Trinajstić information content (AvgIpc) is 2.27. The molecule has 0 aliphatic carbocycles. The molecule has 90 valence electrons. The summed E-state index contributed by atoms with van der Waals surface area (Å²) in [4.78, 5) is 35.5. The van der Waals surface area contributed by atoms with Crippen molar-refractivity contribution in [1.82, 2.24) is 4.90 Å². The maximum atomic E-state index is 11.8. The SMILES string of the molecule is CC1(C)CC(=O)N(CC(C)(N)C(N)=O)C1=O. The van der Waals surface area contributed by atoms with Crippen molar-refractivity contribution in [3.05, 3.63) is 0 Å². The van der Waals surface area contributed by atoms with Crippen molar-refractivity contribution in [1.29, 1.82) is 0 Å². The molecule has 1 heterocycles. The molecule has 0 saturated carbocycles. The van der Waals surface area contributed by atoms with Crippen LogP contribution in [0.4, 0.5) is 0 Å². The number of primary amides is 1. The van der Waals surface area contributed by atoms with E-state index in [1.807, 2.05) is 0 Å². The normalized spacial score (nSPS) is 23.4. The highest BCUT2D eigenvalue weighted by Gasteiger charge is 2.47. The van der Waals surface area contributed by atoms with E-state index in [1.54, 1.807) is 13.8 Å². The van der Waals surface area contributed by atoms with Crippen molar-refractivity contribution in [2.75, 3.05) is 6.54 Å². The summed E-state index contributed by atoms with van der Waals surface area (Å²) in [6.45, 7) is 4.61. The summed E-state index contributed by atoms with van der Waals surface area (Å²) >= 11 is 0. The molecule has 4 N–H and O–H groups in total. The van der Waals surface area contributed by atoms with Gasteiger partial charge in [0.15, 0.2) is 0 Å². The molecule has 0 radical (unpaired) electrons. The second-order valence-electron chi connectivity index (χ2n) is 5.13. The third-order valence-electron chi connectivity index (χ3n) is 2.77. The van der Waals surface area contributed by atoms with Crippen LogP contribution in [0.25, 0.3) is 0 Å². The molecule has 6 nitrogen and oxygen atoms in total. The Hall–Kier alpha value is -1.43. The van der Waals surface area contributed by atoms with E-state index < -0.39 is 16.9 Å². The van der Waals surface area contributed by atoms with Gasteiger partial charge in [0, 0.05) is 6.42 Å². The molecule has 1 saturated heterocycles. The van der Waals surface area contributed by atoms with Gasteiger partial charge in [-0.3, -0.25) is 19.3 Å². The van der Waals surface area contributed by atoms with Crippen LogP contribution < -0.4 is 11.5 Å². The van der Waals surface area contributed by atoms with E-state index in [0.29, 0.717) is 0 Å². The number of nitrogens with two attached hydrogens (primary N) is 2. The maximum Gasteiger partial charge on any atom is 0.239 e. The van der Waals surface area contributed by atoms with Gasteiger partial charge in [-0.25, -0.2) is 0 Å². The number of rotatable bonds is 3. The fourth-order valence-corrected chi connectivity index (χ4v) is 1.59. The molecule has 6 heteroatoms. The van der Waals surface area contributed by atoms with Crippen LogP contribution in [0.2, 0.25) is 0 Å². The lowest BCUT2D eigenvalue weighted by atomic mass is 9.92. The number of carbonyl (C=O) groups excluding carboxylic acids is 3. The Bertz CT molecular complexity index is 360. The van der Waals surface area contributed by atoms with Gasteiger partial charge in [0.2, 0.25) is 17.7 Å². The van der Waals surface area contributed by atoms with Crippen LogP contribution in [0.5, 0.6) is 0 Å². The first-order valence-corrected chi connectivity index (χ1v) is 5.01.